The Morgan fingerprint density at radius 2 is 1.97 bits per heavy atom. The van der Waals surface area contributed by atoms with Gasteiger partial charge in [0, 0.05) is 49.8 Å². The summed E-state index contributed by atoms with van der Waals surface area (Å²) in [6, 6.07) is 10.7. The highest BCUT2D eigenvalue weighted by Crippen LogP contribution is 2.33. The van der Waals surface area contributed by atoms with Crippen molar-refractivity contribution in [2.24, 2.45) is 0 Å². The van der Waals surface area contributed by atoms with Crippen molar-refractivity contribution in [3.63, 3.8) is 0 Å². The van der Waals surface area contributed by atoms with E-state index in [-0.39, 0.29) is 5.91 Å². The SMILES string of the molecule is Cc1nc(CN2CCN(C(=O)c3ccoc3CN3c4ccccc4CC3C)CC2)cs1. The first-order valence-electron chi connectivity index (χ1n) is 10.9. The topological polar surface area (TPSA) is 52.8 Å². The number of piperazine rings is 1. The number of benzene rings is 1. The first kappa shape index (κ1) is 20.3. The van der Waals surface area contributed by atoms with Crippen molar-refractivity contribution in [2.45, 2.75) is 39.4 Å². The molecule has 1 fully saturated rings. The summed E-state index contributed by atoms with van der Waals surface area (Å²) in [5.41, 5.74) is 4.43. The van der Waals surface area contributed by atoms with Gasteiger partial charge in [-0.1, -0.05) is 18.2 Å². The molecule has 0 bridgehead atoms. The number of furan rings is 1. The standard InChI is InChI=1S/C24H28N4O2S/c1-17-13-19-5-3-4-6-22(19)28(17)15-23-21(7-12-30-23)24(29)27-10-8-26(9-11-27)14-20-16-31-18(2)25-20/h3-7,12,16-17H,8-11,13-15H2,1-2H3. The second-order valence-corrected chi connectivity index (χ2v) is 9.56. The molecular weight excluding hydrogens is 408 g/mol. The van der Waals surface area contributed by atoms with Crippen LogP contribution in [0, 0.1) is 6.92 Å². The van der Waals surface area contributed by atoms with Gasteiger partial charge < -0.3 is 14.2 Å². The molecule has 2 aromatic heterocycles. The van der Waals surface area contributed by atoms with Crippen molar-refractivity contribution < 1.29 is 9.21 Å². The maximum absolute atomic E-state index is 13.3. The lowest BCUT2D eigenvalue weighted by Crippen LogP contribution is -2.48. The zero-order chi connectivity index (χ0) is 21.4. The molecule has 1 amide bonds. The highest BCUT2D eigenvalue weighted by Gasteiger charge is 2.30. The molecule has 1 aromatic carbocycles. The number of anilines is 1. The Labute approximate surface area is 187 Å². The lowest BCUT2D eigenvalue weighted by Gasteiger charge is -2.34. The summed E-state index contributed by atoms with van der Waals surface area (Å²) in [5.74, 6) is 0.835. The Morgan fingerprint density at radius 3 is 2.74 bits per heavy atom. The van der Waals surface area contributed by atoms with Gasteiger partial charge in [0.1, 0.15) is 5.76 Å². The molecular formula is C24H28N4O2S. The van der Waals surface area contributed by atoms with Crippen LogP contribution in [0.5, 0.6) is 0 Å². The molecule has 0 radical (unpaired) electrons. The fourth-order valence-corrected chi connectivity index (χ4v) is 5.27. The summed E-state index contributed by atoms with van der Waals surface area (Å²) in [7, 11) is 0. The molecule has 2 aliphatic rings. The van der Waals surface area contributed by atoms with Gasteiger partial charge in [-0.25, -0.2) is 4.98 Å². The molecule has 0 N–H and O–H groups in total. The molecule has 4 heterocycles. The number of nitrogens with zero attached hydrogens (tertiary/aromatic N) is 4. The molecule has 1 unspecified atom stereocenters. The van der Waals surface area contributed by atoms with E-state index in [0.29, 0.717) is 18.2 Å². The Kier molecular flexibility index (Phi) is 5.54. The van der Waals surface area contributed by atoms with Crippen molar-refractivity contribution in [2.75, 3.05) is 31.1 Å². The fourth-order valence-electron chi connectivity index (χ4n) is 4.67. The highest BCUT2D eigenvalue weighted by molar-refractivity contribution is 7.09. The van der Waals surface area contributed by atoms with E-state index < -0.39 is 0 Å². The maximum atomic E-state index is 13.3. The number of aryl methyl sites for hydroxylation is 1. The number of aromatic nitrogens is 1. The molecule has 0 spiro atoms. The van der Waals surface area contributed by atoms with E-state index in [1.807, 2.05) is 17.9 Å². The molecule has 1 atom stereocenters. The molecule has 162 valence electrons. The monoisotopic (exact) mass is 436 g/mol. The second-order valence-electron chi connectivity index (χ2n) is 8.49. The summed E-state index contributed by atoms with van der Waals surface area (Å²) in [4.78, 5) is 24.5. The number of amides is 1. The van der Waals surface area contributed by atoms with Crippen LogP contribution >= 0.6 is 11.3 Å². The summed E-state index contributed by atoms with van der Waals surface area (Å²) < 4.78 is 5.80. The quantitative estimate of drug-likeness (QED) is 0.606. The minimum Gasteiger partial charge on any atom is -0.467 e. The second kappa shape index (κ2) is 8.48. The zero-order valence-corrected chi connectivity index (χ0v) is 18.9. The molecule has 1 saturated heterocycles. The highest BCUT2D eigenvalue weighted by atomic mass is 32.1. The van der Waals surface area contributed by atoms with Gasteiger partial charge in [-0.15, -0.1) is 11.3 Å². The van der Waals surface area contributed by atoms with Gasteiger partial charge in [0.15, 0.2) is 0 Å². The van der Waals surface area contributed by atoms with E-state index in [1.54, 1.807) is 17.6 Å². The molecule has 0 saturated carbocycles. The van der Waals surface area contributed by atoms with Gasteiger partial charge in [-0.05, 0) is 38.0 Å². The molecule has 0 aliphatic carbocycles. The van der Waals surface area contributed by atoms with Crippen LogP contribution in [0.25, 0.3) is 0 Å². The minimum atomic E-state index is 0.0769. The number of carbonyl (C=O) groups excluding carboxylic acids is 1. The Balaban J connectivity index is 1.23. The van der Waals surface area contributed by atoms with E-state index in [4.69, 9.17) is 4.42 Å². The third-order valence-corrected chi connectivity index (χ3v) is 7.17. The van der Waals surface area contributed by atoms with Crippen LogP contribution in [-0.4, -0.2) is 52.9 Å². The fraction of sp³-hybridized carbons (Fsp3) is 0.417. The lowest BCUT2D eigenvalue weighted by atomic mass is 10.1. The normalized spacial score (nSPS) is 19.1. The largest absolute Gasteiger partial charge is 0.467 e. The summed E-state index contributed by atoms with van der Waals surface area (Å²) in [6.07, 6.45) is 2.68. The first-order chi connectivity index (χ1) is 15.1. The number of para-hydroxylation sites is 1. The van der Waals surface area contributed by atoms with E-state index in [1.165, 1.54) is 11.3 Å². The number of fused-ring (bicyclic) bond motifs is 1. The van der Waals surface area contributed by atoms with Crippen LogP contribution in [0.15, 0.2) is 46.4 Å². The van der Waals surface area contributed by atoms with E-state index in [0.717, 1.165) is 55.6 Å². The maximum Gasteiger partial charge on any atom is 0.257 e. The molecule has 6 nitrogen and oxygen atoms in total. The molecule has 3 aromatic rings. The average Bonchev–Trinajstić information content (AvgIpc) is 3.48. The number of thiazole rings is 1. The molecule has 7 heteroatoms. The van der Waals surface area contributed by atoms with Gasteiger partial charge in [-0.3, -0.25) is 9.69 Å². The van der Waals surface area contributed by atoms with Crippen molar-refractivity contribution in [3.05, 3.63) is 69.6 Å². The lowest BCUT2D eigenvalue weighted by molar-refractivity contribution is 0.0625. The average molecular weight is 437 g/mol. The van der Waals surface area contributed by atoms with Crippen LogP contribution < -0.4 is 4.90 Å². The number of hydrogen-bond donors (Lipinski definition) is 0. The van der Waals surface area contributed by atoms with Gasteiger partial charge in [0.2, 0.25) is 0 Å². The van der Waals surface area contributed by atoms with Crippen molar-refractivity contribution in [3.8, 4) is 0 Å². The van der Waals surface area contributed by atoms with Crippen molar-refractivity contribution in [1.29, 1.82) is 0 Å². The predicted octanol–water partition coefficient (Wildman–Crippen LogP) is 3.95. The van der Waals surface area contributed by atoms with E-state index in [2.05, 4.69) is 51.4 Å². The predicted molar refractivity (Wildman–Crippen MR) is 123 cm³/mol. The summed E-state index contributed by atoms with van der Waals surface area (Å²) in [5, 5.41) is 3.23. The van der Waals surface area contributed by atoms with Crippen LogP contribution in [0.3, 0.4) is 0 Å². The Bertz CT molecular complexity index is 1070. The van der Waals surface area contributed by atoms with Crippen molar-refractivity contribution >= 4 is 22.9 Å². The number of carbonyl (C=O) groups is 1. The van der Waals surface area contributed by atoms with Crippen molar-refractivity contribution in [1.82, 2.24) is 14.8 Å². The molecule has 2 aliphatic heterocycles. The minimum absolute atomic E-state index is 0.0769. The third-order valence-electron chi connectivity index (χ3n) is 6.35. The Morgan fingerprint density at radius 1 is 1.16 bits per heavy atom. The summed E-state index contributed by atoms with van der Waals surface area (Å²) >= 11 is 1.69. The summed E-state index contributed by atoms with van der Waals surface area (Å²) in [6.45, 7) is 8.94. The number of rotatable bonds is 5. The van der Waals surface area contributed by atoms with Crippen LogP contribution in [0.4, 0.5) is 5.69 Å². The van der Waals surface area contributed by atoms with Crippen LogP contribution in [0.2, 0.25) is 0 Å². The van der Waals surface area contributed by atoms with Gasteiger partial charge in [-0.2, -0.15) is 0 Å². The van der Waals surface area contributed by atoms with Gasteiger partial charge in [0.05, 0.1) is 29.1 Å². The van der Waals surface area contributed by atoms with Gasteiger partial charge >= 0.3 is 0 Å². The van der Waals surface area contributed by atoms with E-state index in [9.17, 15) is 4.79 Å². The molecule has 31 heavy (non-hydrogen) atoms. The third kappa shape index (κ3) is 4.12. The Hall–Kier alpha value is -2.64. The number of hydrogen-bond acceptors (Lipinski definition) is 6. The zero-order valence-electron chi connectivity index (χ0n) is 18.1. The van der Waals surface area contributed by atoms with E-state index >= 15 is 0 Å². The molecule has 5 rings (SSSR count). The van der Waals surface area contributed by atoms with Crippen LogP contribution in [-0.2, 0) is 19.5 Å². The van der Waals surface area contributed by atoms with Crippen LogP contribution in [0.1, 0.15) is 39.3 Å². The first-order valence-corrected chi connectivity index (χ1v) is 11.8. The van der Waals surface area contributed by atoms with Gasteiger partial charge in [0.25, 0.3) is 5.91 Å². The smallest absolute Gasteiger partial charge is 0.257 e.